The number of hydroxylamine groups is 1. The number of rotatable bonds is 2. The quantitative estimate of drug-likeness (QED) is 0.545. The molecule has 0 aromatic heterocycles. The molecule has 0 aromatic rings. The second-order valence-corrected chi connectivity index (χ2v) is 2.73. The normalized spacial score (nSPS) is 22.9. The topological polar surface area (TPSA) is 71.0 Å². The molecule has 1 saturated heterocycles. The van der Waals surface area contributed by atoms with Crippen LogP contribution < -0.4 is 5.48 Å². The summed E-state index contributed by atoms with van der Waals surface area (Å²) in [7, 11) is 1.38. The Labute approximate surface area is 76.4 Å². The molecule has 1 aliphatic rings. The number of amides is 2. The molecular weight excluding hydrogens is 176 g/mol. The monoisotopic (exact) mass is 190 g/mol. The van der Waals surface area contributed by atoms with Crippen LogP contribution in [0.15, 0.2) is 0 Å². The van der Waals surface area contributed by atoms with Crippen molar-refractivity contribution in [2.24, 2.45) is 0 Å². The number of carbonyl (C=O) groups excluding carboxylic acids is 1. The molecule has 6 heteroatoms. The first-order valence-corrected chi connectivity index (χ1v) is 4.08. The number of carbonyl (C=O) groups is 1. The average Bonchev–Trinajstić information content (AvgIpc) is 2.18. The molecule has 2 N–H and O–H groups in total. The van der Waals surface area contributed by atoms with Crippen LogP contribution in [0.1, 0.15) is 0 Å². The zero-order valence-corrected chi connectivity index (χ0v) is 7.52. The highest BCUT2D eigenvalue weighted by Gasteiger charge is 2.23. The lowest BCUT2D eigenvalue weighted by Gasteiger charge is -2.31. The minimum absolute atomic E-state index is 0.0727. The van der Waals surface area contributed by atoms with Gasteiger partial charge in [0, 0.05) is 6.54 Å². The predicted molar refractivity (Wildman–Crippen MR) is 43.9 cm³/mol. The third-order valence-electron chi connectivity index (χ3n) is 1.82. The summed E-state index contributed by atoms with van der Waals surface area (Å²) in [4.78, 5) is 17.2. The summed E-state index contributed by atoms with van der Waals surface area (Å²) in [5.74, 6) is 0. The zero-order valence-electron chi connectivity index (χ0n) is 7.52. The van der Waals surface area contributed by atoms with Gasteiger partial charge in [-0.15, -0.1) is 0 Å². The predicted octanol–water partition coefficient (Wildman–Crippen LogP) is -1.05. The fourth-order valence-electron chi connectivity index (χ4n) is 1.17. The van der Waals surface area contributed by atoms with E-state index >= 15 is 0 Å². The highest BCUT2D eigenvalue weighted by Crippen LogP contribution is 2.04. The van der Waals surface area contributed by atoms with Crippen molar-refractivity contribution >= 4 is 6.03 Å². The van der Waals surface area contributed by atoms with Crippen LogP contribution in [-0.2, 0) is 9.57 Å². The Morgan fingerprint density at radius 2 is 2.62 bits per heavy atom. The third kappa shape index (κ3) is 2.83. The summed E-state index contributed by atoms with van der Waals surface area (Å²) in [6.07, 6.45) is -0.281. The maximum Gasteiger partial charge on any atom is 0.341 e. The second kappa shape index (κ2) is 5.00. The maximum atomic E-state index is 11.2. The Morgan fingerprint density at radius 1 is 1.85 bits per heavy atom. The van der Waals surface area contributed by atoms with E-state index in [1.165, 1.54) is 12.0 Å². The lowest BCUT2D eigenvalue weighted by atomic mass is 10.3. The van der Waals surface area contributed by atoms with Crippen molar-refractivity contribution in [1.82, 2.24) is 10.4 Å². The summed E-state index contributed by atoms with van der Waals surface area (Å²) < 4.78 is 5.17. The summed E-state index contributed by atoms with van der Waals surface area (Å²) in [5.41, 5.74) is 2.21. The third-order valence-corrected chi connectivity index (χ3v) is 1.82. The molecule has 1 fully saturated rings. The van der Waals surface area contributed by atoms with Crippen molar-refractivity contribution in [2.45, 2.75) is 6.10 Å². The number of morpholine rings is 1. The molecule has 2 amide bonds. The Hall–Kier alpha value is -0.850. The lowest BCUT2D eigenvalue weighted by Crippen LogP contribution is -2.50. The van der Waals surface area contributed by atoms with Gasteiger partial charge >= 0.3 is 6.03 Å². The van der Waals surface area contributed by atoms with E-state index in [0.29, 0.717) is 19.7 Å². The van der Waals surface area contributed by atoms with Gasteiger partial charge in [-0.25, -0.2) is 10.3 Å². The molecule has 0 bridgehead atoms. The first kappa shape index (κ1) is 10.2. The Balaban J connectivity index is 2.37. The number of ether oxygens (including phenoxy) is 1. The lowest BCUT2D eigenvalue weighted by molar-refractivity contribution is -0.0451. The van der Waals surface area contributed by atoms with Crippen LogP contribution in [0.25, 0.3) is 0 Å². The van der Waals surface area contributed by atoms with E-state index in [1.807, 2.05) is 0 Å². The first-order valence-electron chi connectivity index (χ1n) is 4.08. The van der Waals surface area contributed by atoms with Crippen molar-refractivity contribution in [3.05, 3.63) is 0 Å². The molecule has 0 spiro atoms. The Bertz CT molecular complexity index is 176. The number of aliphatic hydroxyl groups excluding tert-OH is 1. The number of urea groups is 1. The van der Waals surface area contributed by atoms with Gasteiger partial charge in [0.05, 0.1) is 33.0 Å². The van der Waals surface area contributed by atoms with E-state index in [0.717, 1.165) is 0 Å². The second-order valence-electron chi connectivity index (χ2n) is 2.73. The van der Waals surface area contributed by atoms with Gasteiger partial charge in [0.1, 0.15) is 0 Å². The molecule has 76 valence electrons. The van der Waals surface area contributed by atoms with Crippen LogP contribution in [0.5, 0.6) is 0 Å². The van der Waals surface area contributed by atoms with Crippen LogP contribution in [0.4, 0.5) is 4.79 Å². The Morgan fingerprint density at radius 3 is 3.23 bits per heavy atom. The van der Waals surface area contributed by atoms with Crippen LogP contribution in [-0.4, -0.2) is 55.6 Å². The van der Waals surface area contributed by atoms with Gasteiger partial charge in [0.25, 0.3) is 0 Å². The molecule has 13 heavy (non-hydrogen) atoms. The van der Waals surface area contributed by atoms with Crippen LogP contribution in [0.3, 0.4) is 0 Å². The minimum atomic E-state index is -0.302. The van der Waals surface area contributed by atoms with Gasteiger partial charge in [-0.05, 0) is 0 Å². The molecule has 0 radical (unpaired) electrons. The van der Waals surface area contributed by atoms with Crippen molar-refractivity contribution in [1.29, 1.82) is 0 Å². The fourth-order valence-corrected chi connectivity index (χ4v) is 1.17. The van der Waals surface area contributed by atoms with E-state index in [1.54, 1.807) is 0 Å². The van der Waals surface area contributed by atoms with Crippen molar-refractivity contribution in [3.63, 3.8) is 0 Å². The maximum absolute atomic E-state index is 11.2. The van der Waals surface area contributed by atoms with Gasteiger partial charge < -0.3 is 14.7 Å². The van der Waals surface area contributed by atoms with Crippen molar-refractivity contribution in [2.75, 3.05) is 33.4 Å². The average molecular weight is 190 g/mol. The molecule has 1 aliphatic heterocycles. The number of nitrogens with zero attached hydrogens (tertiary/aromatic N) is 1. The zero-order chi connectivity index (χ0) is 9.68. The SMILES string of the molecule is CONC(=O)N1CCOC(CO)C1. The molecule has 1 atom stereocenters. The Kier molecular flexibility index (Phi) is 3.94. The highest BCUT2D eigenvalue weighted by atomic mass is 16.6. The number of hydrogen-bond donors (Lipinski definition) is 2. The standard InChI is InChI=1S/C7H14N2O4/c1-12-8-7(11)9-2-3-13-6(4-9)5-10/h6,10H,2-5H2,1H3,(H,8,11). The molecule has 0 aromatic carbocycles. The van der Waals surface area contributed by atoms with Gasteiger partial charge in [0.2, 0.25) is 0 Å². The summed E-state index contributed by atoms with van der Waals surface area (Å²) >= 11 is 0. The fraction of sp³-hybridized carbons (Fsp3) is 0.857. The molecule has 0 saturated carbocycles. The number of hydrogen-bond acceptors (Lipinski definition) is 4. The van der Waals surface area contributed by atoms with E-state index in [9.17, 15) is 4.79 Å². The molecule has 1 rings (SSSR count). The van der Waals surface area contributed by atoms with Gasteiger partial charge in [0.15, 0.2) is 0 Å². The van der Waals surface area contributed by atoms with Crippen molar-refractivity contribution in [3.8, 4) is 0 Å². The molecule has 1 unspecified atom stereocenters. The highest BCUT2D eigenvalue weighted by molar-refractivity contribution is 5.73. The summed E-state index contributed by atoms with van der Waals surface area (Å²) in [6, 6.07) is -0.302. The van der Waals surface area contributed by atoms with Crippen LogP contribution in [0, 0.1) is 0 Å². The summed E-state index contributed by atoms with van der Waals surface area (Å²) in [5, 5.41) is 8.81. The van der Waals surface area contributed by atoms with E-state index in [2.05, 4.69) is 10.3 Å². The molecule has 6 nitrogen and oxygen atoms in total. The van der Waals surface area contributed by atoms with Crippen molar-refractivity contribution < 1.29 is 19.5 Å². The molecule has 1 heterocycles. The van der Waals surface area contributed by atoms with E-state index in [4.69, 9.17) is 9.84 Å². The van der Waals surface area contributed by atoms with Crippen LogP contribution in [0.2, 0.25) is 0 Å². The summed E-state index contributed by atoms with van der Waals surface area (Å²) in [6.45, 7) is 1.29. The number of nitrogens with one attached hydrogen (secondary N) is 1. The minimum Gasteiger partial charge on any atom is -0.394 e. The first-order chi connectivity index (χ1) is 6.27. The van der Waals surface area contributed by atoms with Crippen LogP contribution >= 0.6 is 0 Å². The number of aliphatic hydroxyl groups is 1. The van der Waals surface area contributed by atoms with Gasteiger partial charge in [-0.1, -0.05) is 0 Å². The van der Waals surface area contributed by atoms with Gasteiger partial charge in [-0.2, -0.15) is 0 Å². The molecule has 0 aliphatic carbocycles. The van der Waals surface area contributed by atoms with E-state index in [-0.39, 0.29) is 18.7 Å². The molecular formula is C7H14N2O4. The van der Waals surface area contributed by atoms with E-state index < -0.39 is 0 Å². The largest absolute Gasteiger partial charge is 0.394 e. The smallest absolute Gasteiger partial charge is 0.341 e. The van der Waals surface area contributed by atoms with Gasteiger partial charge in [-0.3, -0.25) is 4.84 Å².